The third-order valence-corrected chi connectivity index (χ3v) is 4.32. The molecule has 1 aromatic heterocycles. The molecule has 5 nitrogen and oxygen atoms in total. The quantitative estimate of drug-likeness (QED) is 0.682. The number of imidazole rings is 1. The second-order valence-corrected chi connectivity index (χ2v) is 6.70. The van der Waals surface area contributed by atoms with Crippen LogP contribution in [0.25, 0.3) is 11.0 Å². The highest BCUT2D eigenvalue weighted by Crippen LogP contribution is 2.22. The van der Waals surface area contributed by atoms with Crippen molar-refractivity contribution in [3.63, 3.8) is 0 Å². The molecule has 1 heterocycles. The SMILES string of the molecule is Cc1cccc(C)c1OCC(C)NC(=O)CCc1nc2ccccc2[nH]1. The van der Waals surface area contributed by atoms with Crippen LogP contribution in [0.5, 0.6) is 5.75 Å². The van der Waals surface area contributed by atoms with Gasteiger partial charge in [-0.2, -0.15) is 0 Å². The number of nitrogens with one attached hydrogen (secondary N) is 2. The third-order valence-electron chi connectivity index (χ3n) is 4.32. The van der Waals surface area contributed by atoms with Crippen LogP contribution < -0.4 is 10.1 Å². The number of para-hydroxylation sites is 3. The Kier molecular flexibility index (Phi) is 5.56. The predicted molar refractivity (Wildman–Crippen MR) is 103 cm³/mol. The normalized spacial score (nSPS) is 12.1. The Morgan fingerprint density at radius 2 is 1.88 bits per heavy atom. The molecule has 0 saturated carbocycles. The number of hydrogen-bond donors (Lipinski definition) is 2. The topological polar surface area (TPSA) is 67.0 Å². The maximum atomic E-state index is 12.2. The molecular formula is C21H25N3O2. The number of carbonyl (C=O) groups is 1. The van der Waals surface area contributed by atoms with E-state index in [-0.39, 0.29) is 11.9 Å². The molecule has 5 heteroatoms. The number of hydrogen-bond acceptors (Lipinski definition) is 3. The summed E-state index contributed by atoms with van der Waals surface area (Å²) in [7, 11) is 0. The number of amides is 1. The van der Waals surface area contributed by atoms with Gasteiger partial charge < -0.3 is 15.0 Å². The molecular weight excluding hydrogens is 326 g/mol. The van der Waals surface area contributed by atoms with Gasteiger partial charge in [-0.15, -0.1) is 0 Å². The number of rotatable bonds is 7. The smallest absolute Gasteiger partial charge is 0.220 e. The highest BCUT2D eigenvalue weighted by molar-refractivity contribution is 5.77. The van der Waals surface area contributed by atoms with Gasteiger partial charge in [0.2, 0.25) is 5.91 Å². The summed E-state index contributed by atoms with van der Waals surface area (Å²) in [5.74, 6) is 1.74. The molecule has 2 N–H and O–H groups in total. The van der Waals surface area contributed by atoms with Crippen molar-refractivity contribution in [2.24, 2.45) is 0 Å². The van der Waals surface area contributed by atoms with E-state index in [2.05, 4.69) is 15.3 Å². The van der Waals surface area contributed by atoms with Crippen molar-refractivity contribution in [1.82, 2.24) is 15.3 Å². The molecule has 1 unspecified atom stereocenters. The Labute approximate surface area is 153 Å². The Balaban J connectivity index is 1.46. The highest BCUT2D eigenvalue weighted by atomic mass is 16.5. The molecule has 0 bridgehead atoms. The van der Waals surface area contributed by atoms with Gasteiger partial charge in [-0.1, -0.05) is 30.3 Å². The Hall–Kier alpha value is -2.82. The van der Waals surface area contributed by atoms with Crippen molar-refractivity contribution >= 4 is 16.9 Å². The van der Waals surface area contributed by atoms with Gasteiger partial charge in [0, 0.05) is 12.8 Å². The molecule has 3 rings (SSSR count). The fraction of sp³-hybridized carbons (Fsp3) is 0.333. The predicted octanol–water partition coefficient (Wildman–Crippen LogP) is 3.70. The number of fused-ring (bicyclic) bond motifs is 1. The van der Waals surface area contributed by atoms with Crippen LogP contribution in [0.4, 0.5) is 0 Å². The van der Waals surface area contributed by atoms with Crippen molar-refractivity contribution < 1.29 is 9.53 Å². The minimum absolute atomic E-state index is 0.00283. The average molecular weight is 351 g/mol. The van der Waals surface area contributed by atoms with E-state index in [1.54, 1.807) is 0 Å². The van der Waals surface area contributed by atoms with Crippen LogP contribution in [0.2, 0.25) is 0 Å². The molecule has 2 aromatic carbocycles. The van der Waals surface area contributed by atoms with Crippen LogP contribution in [0.1, 0.15) is 30.3 Å². The van der Waals surface area contributed by atoms with Gasteiger partial charge in [-0.3, -0.25) is 4.79 Å². The summed E-state index contributed by atoms with van der Waals surface area (Å²) < 4.78 is 5.90. The molecule has 26 heavy (non-hydrogen) atoms. The lowest BCUT2D eigenvalue weighted by Crippen LogP contribution is -2.37. The first-order chi connectivity index (χ1) is 12.5. The van der Waals surface area contributed by atoms with E-state index in [9.17, 15) is 4.79 Å². The molecule has 3 aromatic rings. The summed E-state index contributed by atoms with van der Waals surface area (Å²) in [4.78, 5) is 19.9. The van der Waals surface area contributed by atoms with Crippen LogP contribution in [0.15, 0.2) is 42.5 Å². The summed E-state index contributed by atoms with van der Waals surface area (Å²) in [5, 5.41) is 2.99. The zero-order chi connectivity index (χ0) is 18.5. The number of aromatic amines is 1. The summed E-state index contributed by atoms with van der Waals surface area (Å²) in [6.07, 6.45) is 0.985. The number of carbonyl (C=O) groups excluding carboxylic acids is 1. The van der Waals surface area contributed by atoms with Gasteiger partial charge >= 0.3 is 0 Å². The van der Waals surface area contributed by atoms with Crippen LogP contribution in [0.3, 0.4) is 0 Å². The summed E-state index contributed by atoms with van der Waals surface area (Å²) >= 11 is 0. The maximum absolute atomic E-state index is 12.2. The van der Waals surface area contributed by atoms with Crippen molar-refractivity contribution in [3.8, 4) is 5.75 Å². The van der Waals surface area contributed by atoms with Gasteiger partial charge in [-0.25, -0.2) is 4.98 Å². The van der Waals surface area contributed by atoms with E-state index in [1.165, 1.54) is 0 Å². The lowest BCUT2D eigenvalue weighted by molar-refractivity contribution is -0.121. The number of aryl methyl sites for hydroxylation is 3. The lowest BCUT2D eigenvalue weighted by Gasteiger charge is -2.17. The number of benzene rings is 2. The number of H-pyrrole nitrogens is 1. The van der Waals surface area contributed by atoms with Crippen molar-refractivity contribution in [2.45, 2.75) is 39.7 Å². The number of nitrogens with zero attached hydrogens (tertiary/aromatic N) is 1. The molecule has 0 aliphatic rings. The molecule has 1 amide bonds. The average Bonchev–Trinajstić information content (AvgIpc) is 3.02. The molecule has 0 spiro atoms. The first-order valence-electron chi connectivity index (χ1n) is 8.95. The Morgan fingerprint density at radius 1 is 1.15 bits per heavy atom. The fourth-order valence-electron chi connectivity index (χ4n) is 2.98. The fourth-order valence-corrected chi connectivity index (χ4v) is 2.98. The first-order valence-corrected chi connectivity index (χ1v) is 8.95. The maximum Gasteiger partial charge on any atom is 0.220 e. The molecule has 0 aliphatic carbocycles. The second-order valence-electron chi connectivity index (χ2n) is 6.70. The first kappa shape index (κ1) is 18.0. The van der Waals surface area contributed by atoms with Gasteiger partial charge in [0.25, 0.3) is 0 Å². The Morgan fingerprint density at radius 3 is 2.62 bits per heavy atom. The summed E-state index contributed by atoms with van der Waals surface area (Å²) in [6.45, 7) is 6.45. The van der Waals surface area contributed by atoms with E-state index in [1.807, 2.05) is 63.2 Å². The van der Waals surface area contributed by atoms with Crippen molar-refractivity contribution in [1.29, 1.82) is 0 Å². The monoisotopic (exact) mass is 351 g/mol. The third kappa shape index (κ3) is 4.42. The summed E-state index contributed by atoms with van der Waals surface area (Å²) in [5.41, 5.74) is 4.14. The molecule has 1 atom stereocenters. The van der Waals surface area contributed by atoms with Gasteiger partial charge in [0.05, 0.1) is 17.1 Å². The van der Waals surface area contributed by atoms with E-state index >= 15 is 0 Å². The Bertz CT molecular complexity index is 848. The molecule has 136 valence electrons. The van der Waals surface area contributed by atoms with Crippen LogP contribution >= 0.6 is 0 Å². The van der Waals surface area contributed by atoms with E-state index < -0.39 is 0 Å². The van der Waals surface area contributed by atoms with Crippen LogP contribution in [0, 0.1) is 13.8 Å². The molecule has 0 aliphatic heterocycles. The minimum Gasteiger partial charge on any atom is -0.491 e. The van der Waals surface area contributed by atoms with Gasteiger partial charge in [0.15, 0.2) is 0 Å². The number of aromatic nitrogens is 2. The highest BCUT2D eigenvalue weighted by Gasteiger charge is 2.11. The van der Waals surface area contributed by atoms with E-state index in [0.717, 1.165) is 33.7 Å². The van der Waals surface area contributed by atoms with Crippen molar-refractivity contribution in [3.05, 3.63) is 59.4 Å². The van der Waals surface area contributed by atoms with Crippen LogP contribution in [-0.4, -0.2) is 28.5 Å². The van der Waals surface area contributed by atoms with E-state index in [4.69, 9.17) is 4.74 Å². The largest absolute Gasteiger partial charge is 0.491 e. The minimum atomic E-state index is -0.0582. The zero-order valence-corrected chi connectivity index (χ0v) is 15.5. The lowest BCUT2D eigenvalue weighted by atomic mass is 10.1. The standard InChI is InChI=1S/C21H25N3O2/c1-14-7-6-8-15(2)21(14)26-13-16(3)22-20(25)12-11-19-23-17-9-4-5-10-18(17)24-19/h4-10,16H,11-13H2,1-3H3,(H,22,25)(H,23,24). The zero-order valence-electron chi connectivity index (χ0n) is 15.5. The van der Waals surface area contributed by atoms with Gasteiger partial charge in [-0.05, 0) is 44.0 Å². The number of ether oxygens (including phenoxy) is 1. The van der Waals surface area contributed by atoms with E-state index in [0.29, 0.717) is 19.4 Å². The van der Waals surface area contributed by atoms with Crippen LogP contribution in [-0.2, 0) is 11.2 Å². The van der Waals surface area contributed by atoms with Gasteiger partial charge in [0.1, 0.15) is 18.2 Å². The summed E-state index contributed by atoms with van der Waals surface area (Å²) in [6, 6.07) is 13.9. The molecule has 0 saturated heterocycles. The molecule has 0 radical (unpaired) electrons. The second kappa shape index (κ2) is 8.04. The van der Waals surface area contributed by atoms with Crippen molar-refractivity contribution in [2.75, 3.05) is 6.61 Å². The molecule has 0 fully saturated rings.